The number of carbonyl (C=O) groups excluding carboxylic acids is 1. The van der Waals surface area contributed by atoms with Crippen molar-refractivity contribution in [3.05, 3.63) is 41.7 Å². The Morgan fingerprint density at radius 2 is 2.38 bits per heavy atom. The first-order valence-corrected chi connectivity index (χ1v) is 4.93. The van der Waals surface area contributed by atoms with Crippen LogP contribution < -0.4 is 5.32 Å². The maximum atomic E-state index is 12.8. The topological polar surface area (TPSA) is 38.3 Å². The van der Waals surface area contributed by atoms with Gasteiger partial charge in [0.1, 0.15) is 5.82 Å². The molecular weight excluding hydrogens is 209 g/mol. The Hall–Kier alpha value is -1.68. The molecule has 0 radical (unpaired) electrons. The van der Waals surface area contributed by atoms with Crippen molar-refractivity contribution < 1.29 is 13.9 Å². The Morgan fingerprint density at radius 1 is 1.56 bits per heavy atom. The standard InChI is InChI=1S/C12H14FNO2/c1-16-8-7-14-12(15)6-5-10-3-2-4-11(13)9-10/h2-6,9H,7-8H2,1H3,(H,14,15). The third-order valence-electron chi connectivity index (χ3n) is 1.88. The highest BCUT2D eigenvalue weighted by Crippen LogP contribution is 2.04. The number of nitrogens with one attached hydrogen (secondary N) is 1. The lowest BCUT2D eigenvalue weighted by molar-refractivity contribution is -0.116. The van der Waals surface area contributed by atoms with E-state index in [1.807, 2.05) is 0 Å². The number of amides is 1. The van der Waals surface area contributed by atoms with Gasteiger partial charge >= 0.3 is 0 Å². The van der Waals surface area contributed by atoms with Gasteiger partial charge in [0.15, 0.2) is 0 Å². The van der Waals surface area contributed by atoms with E-state index in [-0.39, 0.29) is 11.7 Å². The van der Waals surface area contributed by atoms with Crippen molar-refractivity contribution in [1.29, 1.82) is 0 Å². The van der Waals surface area contributed by atoms with Gasteiger partial charge < -0.3 is 10.1 Å². The number of methoxy groups -OCH3 is 1. The lowest BCUT2D eigenvalue weighted by Crippen LogP contribution is -2.24. The second-order valence-corrected chi connectivity index (χ2v) is 3.17. The van der Waals surface area contributed by atoms with E-state index in [9.17, 15) is 9.18 Å². The molecule has 0 heterocycles. The number of ether oxygens (including phenoxy) is 1. The molecule has 0 spiro atoms. The summed E-state index contributed by atoms with van der Waals surface area (Å²) in [5.41, 5.74) is 0.655. The average molecular weight is 223 g/mol. The van der Waals surface area contributed by atoms with Crippen molar-refractivity contribution in [1.82, 2.24) is 5.32 Å². The molecule has 0 saturated heterocycles. The highest BCUT2D eigenvalue weighted by atomic mass is 19.1. The van der Waals surface area contributed by atoms with Gasteiger partial charge in [-0.3, -0.25) is 4.79 Å². The molecule has 0 bridgehead atoms. The minimum Gasteiger partial charge on any atom is -0.383 e. The molecule has 1 amide bonds. The SMILES string of the molecule is COCCNC(=O)C=Cc1cccc(F)c1. The van der Waals surface area contributed by atoms with Gasteiger partial charge in [0.2, 0.25) is 5.91 Å². The van der Waals surface area contributed by atoms with Gasteiger partial charge in [-0.05, 0) is 23.8 Å². The monoisotopic (exact) mass is 223 g/mol. The third-order valence-corrected chi connectivity index (χ3v) is 1.88. The van der Waals surface area contributed by atoms with E-state index in [2.05, 4.69) is 5.32 Å². The number of halogens is 1. The van der Waals surface area contributed by atoms with E-state index in [0.29, 0.717) is 18.7 Å². The van der Waals surface area contributed by atoms with Crippen LogP contribution in [0.5, 0.6) is 0 Å². The van der Waals surface area contributed by atoms with Crippen LogP contribution in [0, 0.1) is 5.82 Å². The molecule has 1 aromatic carbocycles. The lowest BCUT2D eigenvalue weighted by atomic mass is 10.2. The summed E-state index contributed by atoms with van der Waals surface area (Å²) < 4.78 is 17.6. The smallest absolute Gasteiger partial charge is 0.244 e. The number of hydrogen-bond donors (Lipinski definition) is 1. The fraction of sp³-hybridized carbons (Fsp3) is 0.250. The number of carbonyl (C=O) groups is 1. The van der Waals surface area contributed by atoms with E-state index >= 15 is 0 Å². The molecule has 0 aromatic heterocycles. The Morgan fingerprint density at radius 3 is 3.06 bits per heavy atom. The van der Waals surface area contributed by atoms with Gasteiger partial charge in [-0.25, -0.2) is 4.39 Å². The van der Waals surface area contributed by atoms with E-state index < -0.39 is 0 Å². The number of hydrogen-bond acceptors (Lipinski definition) is 2. The van der Waals surface area contributed by atoms with Gasteiger partial charge in [-0.2, -0.15) is 0 Å². The second-order valence-electron chi connectivity index (χ2n) is 3.17. The molecule has 1 rings (SSSR count). The summed E-state index contributed by atoms with van der Waals surface area (Å²) in [6, 6.07) is 6.04. The van der Waals surface area contributed by atoms with Crippen LogP contribution in [0.2, 0.25) is 0 Å². The zero-order valence-corrected chi connectivity index (χ0v) is 9.07. The molecule has 0 unspecified atom stereocenters. The fourth-order valence-corrected chi connectivity index (χ4v) is 1.12. The average Bonchev–Trinajstić information content (AvgIpc) is 2.27. The summed E-state index contributed by atoms with van der Waals surface area (Å²) in [5.74, 6) is -0.539. The van der Waals surface area contributed by atoms with E-state index in [4.69, 9.17) is 4.74 Å². The van der Waals surface area contributed by atoms with Gasteiger partial charge in [0.05, 0.1) is 6.61 Å². The highest BCUT2D eigenvalue weighted by molar-refractivity contribution is 5.91. The fourth-order valence-electron chi connectivity index (χ4n) is 1.12. The van der Waals surface area contributed by atoms with Crippen molar-refractivity contribution in [3.8, 4) is 0 Å². The Bertz CT molecular complexity index is 377. The van der Waals surface area contributed by atoms with Gasteiger partial charge in [0.25, 0.3) is 0 Å². The first-order valence-electron chi connectivity index (χ1n) is 4.93. The van der Waals surface area contributed by atoms with Crippen molar-refractivity contribution >= 4 is 12.0 Å². The summed E-state index contributed by atoms with van der Waals surface area (Å²) in [7, 11) is 1.56. The molecular formula is C12H14FNO2. The zero-order chi connectivity index (χ0) is 11.8. The zero-order valence-electron chi connectivity index (χ0n) is 9.07. The molecule has 16 heavy (non-hydrogen) atoms. The van der Waals surface area contributed by atoms with E-state index in [1.54, 1.807) is 25.3 Å². The van der Waals surface area contributed by atoms with Crippen LogP contribution >= 0.6 is 0 Å². The minimum atomic E-state index is -0.318. The molecule has 0 saturated carbocycles. The van der Waals surface area contributed by atoms with Crippen molar-refractivity contribution in [3.63, 3.8) is 0 Å². The minimum absolute atomic E-state index is 0.221. The molecule has 86 valence electrons. The molecule has 1 N–H and O–H groups in total. The highest BCUT2D eigenvalue weighted by Gasteiger charge is 1.94. The van der Waals surface area contributed by atoms with Gasteiger partial charge in [-0.1, -0.05) is 12.1 Å². The molecule has 0 aliphatic rings. The Kier molecular flexibility index (Phi) is 5.22. The van der Waals surface area contributed by atoms with Crippen LogP contribution in [0.15, 0.2) is 30.3 Å². The van der Waals surface area contributed by atoms with Crippen LogP contribution in [0.3, 0.4) is 0 Å². The van der Waals surface area contributed by atoms with Crippen molar-refractivity contribution in [2.45, 2.75) is 0 Å². The maximum absolute atomic E-state index is 12.8. The summed E-state index contributed by atoms with van der Waals surface area (Å²) in [4.78, 5) is 11.2. The molecule has 4 heteroatoms. The quantitative estimate of drug-likeness (QED) is 0.608. The molecule has 0 fully saturated rings. The third kappa shape index (κ3) is 4.70. The van der Waals surface area contributed by atoms with E-state index in [1.165, 1.54) is 18.2 Å². The first-order chi connectivity index (χ1) is 7.72. The van der Waals surface area contributed by atoms with Crippen LogP contribution in [-0.4, -0.2) is 26.2 Å². The molecule has 0 aliphatic heterocycles. The second kappa shape index (κ2) is 6.74. The summed E-state index contributed by atoms with van der Waals surface area (Å²) >= 11 is 0. The molecule has 3 nitrogen and oxygen atoms in total. The molecule has 1 aromatic rings. The van der Waals surface area contributed by atoms with Crippen molar-refractivity contribution in [2.24, 2.45) is 0 Å². The largest absolute Gasteiger partial charge is 0.383 e. The van der Waals surface area contributed by atoms with E-state index in [0.717, 1.165) is 0 Å². The predicted octanol–water partition coefficient (Wildman–Crippen LogP) is 1.60. The number of rotatable bonds is 5. The Labute approximate surface area is 93.9 Å². The summed E-state index contributed by atoms with van der Waals surface area (Å²) in [5, 5.41) is 2.62. The van der Waals surface area contributed by atoms with Crippen LogP contribution in [0.4, 0.5) is 4.39 Å². The predicted molar refractivity (Wildman–Crippen MR) is 60.3 cm³/mol. The van der Waals surface area contributed by atoms with Gasteiger partial charge in [-0.15, -0.1) is 0 Å². The van der Waals surface area contributed by atoms with Crippen molar-refractivity contribution in [2.75, 3.05) is 20.3 Å². The van der Waals surface area contributed by atoms with Crippen LogP contribution in [-0.2, 0) is 9.53 Å². The normalized spacial score (nSPS) is 10.6. The Balaban J connectivity index is 2.44. The number of benzene rings is 1. The maximum Gasteiger partial charge on any atom is 0.244 e. The molecule has 0 aliphatic carbocycles. The molecule has 0 atom stereocenters. The van der Waals surface area contributed by atoms with Crippen LogP contribution in [0.25, 0.3) is 6.08 Å². The summed E-state index contributed by atoms with van der Waals surface area (Å²) in [6.07, 6.45) is 2.93. The lowest BCUT2D eigenvalue weighted by Gasteiger charge is -1.99. The van der Waals surface area contributed by atoms with Gasteiger partial charge in [0, 0.05) is 19.7 Å². The summed E-state index contributed by atoms with van der Waals surface area (Å²) in [6.45, 7) is 0.933. The van der Waals surface area contributed by atoms with Crippen LogP contribution in [0.1, 0.15) is 5.56 Å². The first kappa shape index (κ1) is 12.4.